The van der Waals surface area contributed by atoms with Gasteiger partial charge in [0.2, 0.25) is 0 Å². The van der Waals surface area contributed by atoms with E-state index >= 15 is 0 Å². The number of fused-ring (bicyclic) bond motifs is 7. The molecule has 0 aliphatic heterocycles. The van der Waals surface area contributed by atoms with Gasteiger partial charge in [0.25, 0.3) is 0 Å². The Morgan fingerprint density at radius 3 is 1.12 bits per heavy atom. The number of thiazole rings is 2. The second-order valence-electron chi connectivity index (χ2n) is 21.3. The molecule has 6 heteroatoms. The Labute approximate surface area is 489 Å². The van der Waals surface area contributed by atoms with Gasteiger partial charge >= 0.3 is 0 Å². The predicted molar refractivity (Wildman–Crippen MR) is 351 cm³/mol. The highest BCUT2D eigenvalue weighted by atomic mass is 32.1. The number of benzene rings is 13. The standard InChI is InChI=1S/C77H50N4S2/c1-3-19-59(20-4-1)77(60-21-5-2-6-22-60)69-49-58(53-27-36-61(37-28-53)80(64-42-29-51-15-7-9-17-56(51)47-64)62-38-31-54(32-39-62)75-78-71-23-11-13-25-73(71)82-75)35-45-67(69)68-46-44-66(50-70(68)77)81(65-43-30-52-16-8-10-18-57(52)48-65)63-40-33-55(34-41-63)76-79-72-24-12-14-26-74(72)83-76/h1-50H. The molecule has 0 bridgehead atoms. The minimum absolute atomic E-state index is 0.657. The Balaban J connectivity index is 0.818. The zero-order valence-electron chi connectivity index (χ0n) is 45.0. The summed E-state index contributed by atoms with van der Waals surface area (Å²) in [4.78, 5) is 14.8. The van der Waals surface area contributed by atoms with Gasteiger partial charge in [-0.05, 0) is 193 Å². The molecular weight excluding hydrogens is 1050 g/mol. The summed E-state index contributed by atoms with van der Waals surface area (Å²) in [5, 5.41) is 6.84. The second-order valence-corrected chi connectivity index (χ2v) is 23.4. The molecule has 1 aliphatic carbocycles. The van der Waals surface area contributed by atoms with Gasteiger partial charge in [-0.3, -0.25) is 0 Å². The summed E-state index contributed by atoms with van der Waals surface area (Å²) in [6.45, 7) is 0. The van der Waals surface area contributed by atoms with Crippen molar-refractivity contribution in [2.75, 3.05) is 9.80 Å². The first kappa shape index (κ1) is 48.6. The highest BCUT2D eigenvalue weighted by molar-refractivity contribution is 7.22. The number of para-hydroxylation sites is 2. The van der Waals surface area contributed by atoms with E-state index in [0.717, 1.165) is 77.4 Å². The van der Waals surface area contributed by atoms with E-state index in [2.05, 4.69) is 313 Å². The van der Waals surface area contributed by atoms with Gasteiger partial charge in [-0.15, -0.1) is 22.7 Å². The van der Waals surface area contributed by atoms with Crippen LogP contribution in [0.25, 0.3) is 85.4 Å². The molecule has 0 saturated carbocycles. The summed E-state index contributed by atoms with van der Waals surface area (Å²) in [5.74, 6) is 0. The van der Waals surface area contributed by atoms with E-state index in [-0.39, 0.29) is 0 Å². The molecule has 0 unspecified atom stereocenters. The molecular formula is C77H50N4S2. The minimum atomic E-state index is -0.657. The molecule has 0 fully saturated rings. The quantitative estimate of drug-likeness (QED) is 0.129. The average molecular weight is 1100 g/mol. The lowest BCUT2D eigenvalue weighted by Gasteiger charge is -2.35. The van der Waals surface area contributed by atoms with Gasteiger partial charge in [0.05, 0.1) is 25.8 Å². The molecule has 83 heavy (non-hydrogen) atoms. The third kappa shape index (κ3) is 8.41. The van der Waals surface area contributed by atoms with Crippen LogP contribution in [0.2, 0.25) is 0 Å². The van der Waals surface area contributed by atoms with E-state index in [4.69, 9.17) is 9.97 Å². The van der Waals surface area contributed by atoms with Crippen molar-refractivity contribution in [1.29, 1.82) is 0 Å². The Morgan fingerprint density at radius 2 is 0.627 bits per heavy atom. The number of hydrogen-bond acceptors (Lipinski definition) is 6. The summed E-state index contributed by atoms with van der Waals surface area (Å²) in [7, 11) is 0. The van der Waals surface area contributed by atoms with E-state index in [9.17, 15) is 0 Å². The minimum Gasteiger partial charge on any atom is -0.310 e. The first-order valence-corrected chi connectivity index (χ1v) is 29.7. The van der Waals surface area contributed by atoms with Gasteiger partial charge < -0.3 is 9.80 Å². The Bertz CT molecular complexity index is 4810. The van der Waals surface area contributed by atoms with Crippen molar-refractivity contribution in [2.45, 2.75) is 5.41 Å². The van der Waals surface area contributed by atoms with Crippen LogP contribution in [0.4, 0.5) is 34.1 Å². The molecule has 0 saturated heterocycles. The maximum absolute atomic E-state index is 5.02. The van der Waals surface area contributed by atoms with Gasteiger partial charge in [-0.1, -0.05) is 176 Å². The van der Waals surface area contributed by atoms with Crippen LogP contribution < -0.4 is 9.80 Å². The molecule has 0 amide bonds. The van der Waals surface area contributed by atoms with E-state index in [1.807, 2.05) is 0 Å². The van der Waals surface area contributed by atoms with Crippen molar-refractivity contribution in [3.05, 3.63) is 326 Å². The summed E-state index contributed by atoms with van der Waals surface area (Å²) in [6, 6.07) is 111. The Morgan fingerprint density at radius 1 is 0.265 bits per heavy atom. The number of rotatable bonds is 11. The number of nitrogens with zero attached hydrogens (tertiary/aromatic N) is 4. The van der Waals surface area contributed by atoms with Gasteiger partial charge in [-0.25, -0.2) is 9.97 Å². The average Bonchev–Trinajstić information content (AvgIpc) is 2.58. The second kappa shape index (κ2) is 20.1. The lowest BCUT2D eigenvalue weighted by atomic mass is 9.67. The Hall–Kier alpha value is -10.2. The molecule has 390 valence electrons. The lowest BCUT2D eigenvalue weighted by molar-refractivity contribution is 0.768. The molecule has 0 atom stereocenters. The van der Waals surface area contributed by atoms with Crippen LogP contribution in [-0.4, -0.2) is 9.97 Å². The molecule has 13 aromatic carbocycles. The normalized spacial score (nSPS) is 12.4. The molecule has 2 heterocycles. The van der Waals surface area contributed by atoms with Crippen LogP contribution in [0.15, 0.2) is 303 Å². The van der Waals surface area contributed by atoms with Crippen LogP contribution in [0, 0.1) is 0 Å². The van der Waals surface area contributed by atoms with Crippen molar-refractivity contribution in [3.8, 4) is 43.4 Å². The van der Waals surface area contributed by atoms with Crippen LogP contribution in [0.1, 0.15) is 22.3 Å². The molecule has 0 spiro atoms. The zero-order chi connectivity index (χ0) is 54.8. The molecule has 16 rings (SSSR count). The van der Waals surface area contributed by atoms with E-state index in [0.29, 0.717) is 0 Å². The maximum atomic E-state index is 5.02. The SMILES string of the molecule is c1ccc(C2(c3ccccc3)c3cc(-c4ccc(N(c5ccc(-c6nc7ccccc7s6)cc5)c5ccc6ccccc6c5)cc4)ccc3-c3ccc(N(c4ccc(-c5nc6ccccc6s5)cc4)c4ccc5ccccc5c4)cc32)cc1. The summed E-state index contributed by atoms with van der Waals surface area (Å²) in [6.07, 6.45) is 0. The third-order valence-electron chi connectivity index (χ3n) is 16.6. The van der Waals surface area contributed by atoms with Crippen LogP contribution >= 0.6 is 22.7 Å². The number of anilines is 6. The zero-order valence-corrected chi connectivity index (χ0v) is 46.6. The van der Waals surface area contributed by atoms with E-state index in [1.54, 1.807) is 22.7 Å². The molecule has 0 N–H and O–H groups in total. The topological polar surface area (TPSA) is 32.3 Å². The van der Waals surface area contributed by atoms with Crippen molar-refractivity contribution < 1.29 is 0 Å². The fraction of sp³-hybridized carbons (Fsp3) is 0.0130. The van der Waals surface area contributed by atoms with Crippen LogP contribution in [0.3, 0.4) is 0 Å². The van der Waals surface area contributed by atoms with Crippen molar-refractivity contribution in [3.63, 3.8) is 0 Å². The van der Waals surface area contributed by atoms with Gasteiger partial charge in [0.1, 0.15) is 10.0 Å². The Kier molecular flexibility index (Phi) is 11.8. The molecule has 4 nitrogen and oxygen atoms in total. The smallest absolute Gasteiger partial charge is 0.124 e. The fourth-order valence-electron chi connectivity index (χ4n) is 12.6. The van der Waals surface area contributed by atoms with E-state index in [1.165, 1.54) is 64.3 Å². The maximum Gasteiger partial charge on any atom is 0.124 e. The summed E-state index contributed by atoms with van der Waals surface area (Å²) >= 11 is 3.46. The van der Waals surface area contributed by atoms with Crippen molar-refractivity contribution >= 4 is 98.8 Å². The number of aromatic nitrogens is 2. The van der Waals surface area contributed by atoms with Gasteiger partial charge in [0, 0.05) is 45.3 Å². The molecule has 15 aromatic rings. The summed E-state index contributed by atoms with van der Waals surface area (Å²) < 4.78 is 2.38. The van der Waals surface area contributed by atoms with Crippen LogP contribution in [-0.2, 0) is 5.41 Å². The highest BCUT2D eigenvalue weighted by Crippen LogP contribution is 2.58. The molecule has 1 aliphatic rings. The van der Waals surface area contributed by atoms with Crippen molar-refractivity contribution in [1.82, 2.24) is 9.97 Å². The fourth-order valence-corrected chi connectivity index (χ4v) is 14.6. The highest BCUT2D eigenvalue weighted by Gasteiger charge is 2.46. The first-order valence-electron chi connectivity index (χ1n) is 28.1. The number of hydrogen-bond donors (Lipinski definition) is 0. The largest absolute Gasteiger partial charge is 0.310 e. The third-order valence-corrected chi connectivity index (χ3v) is 18.7. The monoisotopic (exact) mass is 1090 g/mol. The van der Waals surface area contributed by atoms with Gasteiger partial charge in [0.15, 0.2) is 0 Å². The predicted octanol–water partition coefficient (Wildman–Crippen LogP) is 21.5. The molecule has 2 aromatic heterocycles. The molecule has 0 radical (unpaired) electrons. The van der Waals surface area contributed by atoms with Gasteiger partial charge in [-0.2, -0.15) is 0 Å². The van der Waals surface area contributed by atoms with Crippen LogP contribution in [0.5, 0.6) is 0 Å². The first-order chi connectivity index (χ1) is 41.1. The summed E-state index contributed by atoms with van der Waals surface area (Å²) in [5.41, 5.74) is 19.8. The van der Waals surface area contributed by atoms with E-state index < -0.39 is 5.41 Å². The van der Waals surface area contributed by atoms with Crippen molar-refractivity contribution in [2.24, 2.45) is 0 Å². The lowest BCUT2D eigenvalue weighted by Crippen LogP contribution is -2.28.